The third-order valence-electron chi connectivity index (χ3n) is 5.97. The number of nitrogens with one attached hydrogen (secondary N) is 2. The van der Waals surface area contributed by atoms with Gasteiger partial charge in [-0.1, -0.05) is 12.1 Å². The van der Waals surface area contributed by atoms with Gasteiger partial charge in [0.1, 0.15) is 5.92 Å². The largest absolute Gasteiger partial charge is 0.493 e. The molecular weight excluding hydrogens is 438 g/mol. The molecule has 1 aliphatic heterocycles. The summed E-state index contributed by atoms with van der Waals surface area (Å²) in [6.45, 7) is 0. The average Bonchev–Trinajstić information content (AvgIpc) is 3.22. The molecule has 1 unspecified atom stereocenters. The van der Waals surface area contributed by atoms with E-state index in [-0.39, 0.29) is 11.5 Å². The molecule has 1 aliphatic rings. The van der Waals surface area contributed by atoms with Gasteiger partial charge in [-0.25, -0.2) is 0 Å². The highest BCUT2D eigenvalue weighted by Gasteiger charge is 2.39. The van der Waals surface area contributed by atoms with Crippen molar-refractivity contribution in [3.63, 3.8) is 0 Å². The minimum absolute atomic E-state index is 0.107. The van der Waals surface area contributed by atoms with Gasteiger partial charge < -0.3 is 19.8 Å². The molecule has 34 heavy (non-hydrogen) atoms. The van der Waals surface area contributed by atoms with Gasteiger partial charge in [0.05, 0.1) is 36.0 Å². The zero-order chi connectivity index (χ0) is 24.0. The number of rotatable bonds is 5. The predicted octanol–water partition coefficient (Wildman–Crippen LogP) is 4.68. The number of nitro benzene ring substituents is 1. The van der Waals surface area contributed by atoms with Crippen LogP contribution < -0.4 is 14.8 Å². The topological polar surface area (TPSA) is 124 Å². The molecule has 5 rings (SSSR count). The number of Topliss-reactive ketones (excluding diaryl/α,β-unsaturated/α-hetero) is 1. The molecule has 1 amide bonds. The van der Waals surface area contributed by atoms with E-state index in [0.717, 1.165) is 0 Å². The molecule has 0 saturated carbocycles. The lowest BCUT2D eigenvalue weighted by atomic mass is 9.83. The van der Waals surface area contributed by atoms with Gasteiger partial charge in [-0.2, -0.15) is 0 Å². The zero-order valence-electron chi connectivity index (χ0n) is 18.2. The minimum atomic E-state index is -1.15. The first-order valence-corrected chi connectivity index (χ1v) is 10.4. The number of nitrogens with zero attached hydrogens (tertiary/aromatic N) is 1. The summed E-state index contributed by atoms with van der Waals surface area (Å²) in [5.41, 5.74) is 2.75. The van der Waals surface area contributed by atoms with E-state index in [9.17, 15) is 19.7 Å². The lowest BCUT2D eigenvalue weighted by Crippen LogP contribution is -2.33. The molecule has 9 nitrogen and oxygen atoms in total. The van der Waals surface area contributed by atoms with E-state index in [1.807, 2.05) is 0 Å². The maximum absolute atomic E-state index is 13.5. The fourth-order valence-corrected chi connectivity index (χ4v) is 4.39. The average molecular weight is 457 g/mol. The van der Waals surface area contributed by atoms with Crippen LogP contribution >= 0.6 is 0 Å². The lowest BCUT2D eigenvalue weighted by Gasteiger charge is -2.24. The van der Waals surface area contributed by atoms with Crippen LogP contribution in [0.4, 0.5) is 11.4 Å². The number of nitro groups is 1. The Bertz CT molecular complexity index is 1490. The quantitative estimate of drug-likeness (QED) is 0.255. The van der Waals surface area contributed by atoms with Crippen molar-refractivity contribution in [3.05, 3.63) is 81.9 Å². The Morgan fingerprint density at radius 2 is 1.71 bits per heavy atom. The van der Waals surface area contributed by atoms with Crippen LogP contribution in [0.2, 0.25) is 0 Å². The Hall–Kier alpha value is -4.66. The van der Waals surface area contributed by atoms with Crippen molar-refractivity contribution in [2.24, 2.45) is 0 Å². The number of anilines is 1. The Kier molecular flexibility index (Phi) is 5.01. The SMILES string of the molecule is COc1ccc(-c2[nH]c3cc([N+](=O)[O-])ccc3c2C2C(=O)Nc3ccccc3C2=O)cc1OC. The number of fused-ring (bicyclic) bond motifs is 2. The van der Waals surface area contributed by atoms with Crippen molar-refractivity contribution in [3.8, 4) is 22.8 Å². The summed E-state index contributed by atoms with van der Waals surface area (Å²) < 4.78 is 10.7. The first kappa shape index (κ1) is 21.2. The van der Waals surface area contributed by atoms with E-state index in [4.69, 9.17) is 9.47 Å². The molecule has 0 bridgehead atoms. The van der Waals surface area contributed by atoms with Crippen LogP contribution in [0.25, 0.3) is 22.2 Å². The Morgan fingerprint density at radius 1 is 0.941 bits per heavy atom. The number of ether oxygens (including phenoxy) is 2. The van der Waals surface area contributed by atoms with Crippen LogP contribution in [0.3, 0.4) is 0 Å². The molecule has 0 spiro atoms. The van der Waals surface area contributed by atoms with Gasteiger partial charge in [-0.05, 0) is 36.4 Å². The highest BCUT2D eigenvalue weighted by molar-refractivity contribution is 6.26. The maximum atomic E-state index is 13.5. The number of amides is 1. The van der Waals surface area contributed by atoms with Crippen LogP contribution in [0.1, 0.15) is 21.8 Å². The Morgan fingerprint density at radius 3 is 2.44 bits per heavy atom. The van der Waals surface area contributed by atoms with Crippen molar-refractivity contribution in [2.75, 3.05) is 19.5 Å². The molecular formula is C25H19N3O6. The van der Waals surface area contributed by atoms with Crippen molar-refractivity contribution in [2.45, 2.75) is 5.92 Å². The lowest BCUT2D eigenvalue weighted by molar-refractivity contribution is -0.384. The number of methoxy groups -OCH3 is 2. The molecule has 1 aromatic heterocycles. The van der Waals surface area contributed by atoms with E-state index in [0.29, 0.717) is 50.5 Å². The monoisotopic (exact) mass is 457 g/mol. The summed E-state index contributed by atoms with van der Waals surface area (Å²) in [6.07, 6.45) is 0. The van der Waals surface area contributed by atoms with E-state index < -0.39 is 16.7 Å². The van der Waals surface area contributed by atoms with Crippen LogP contribution in [0, 0.1) is 10.1 Å². The molecule has 0 saturated heterocycles. The Balaban J connectivity index is 1.78. The number of aromatic amines is 1. The van der Waals surface area contributed by atoms with Gasteiger partial charge in [-0.15, -0.1) is 0 Å². The number of carbonyl (C=O) groups excluding carboxylic acids is 2. The summed E-state index contributed by atoms with van der Waals surface area (Å²) >= 11 is 0. The second kappa shape index (κ2) is 8.04. The minimum Gasteiger partial charge on any atom is -0.493 e. The number of benzene rings is 3. The summed E-state index contributed by atoms with van der Waals surface area (Å²) in [5.74, 6) is -0.987. The van der Waals surface area contributed by atoms with Crippen molar-refractivity contribution in [1.29, 1.82) is 0 Å². The summed E-state index contributed by atoms with van der Waals surface area (Å²) in [7, 11) is 3.03. The Labute approximate surface area is 193 Å². The number of hydrogen-bond donors (Lipinski definition) is 2. The first-order valence-electron chi connectivity index (χ1n) is 10.4. The smallest absolute Gasteiger partial charge is 0.271 e. The number of ketones is 1. The molecule has 0 radical (unpaired) electrons. The normalized spacial score (nSPS) is 15.1. The van der Waals surface area contributed by atoms with Crippen molar-refractivity contribution < 1.29 is 24.0 Å². The number of carbonyl (C=O) groups is 2. The molecule has 3 aromatic carbocycles. The number of H-pyrrole nitrogens is 1. The molecule has 1 atom stereocenters. The molecule has 4 aromatic rings. The molecule has 0 fully saturated rings. The highest BCUT2D eigenvalue weighted by atomic mass is 16.6. The molecule has 170 valence electrons. The predicted molar refractivity (Wildman–Crippen MR) is 126 cm³/mol. The van der Waals surface area contributed by atoms with E-state index in [1.165, 1.54) is 26.4 Å². The second-order valence-corrected chi connectivity index (χ2v) is 7.80. The van der Waals surface area contributed by atoms with Crippen LogP contribution in [0.15, 0.2) is 60.7 Å². The molecule has 2 heterocycles. The van der Waals surface area contributed by atoms with Crippen LogP contribution in [-0.2, 0) is 4.79 Å². The summed E-state index contributed by atoms with van der Waals surface area (Å²) in [5, 5.41) is 14.7. The number of hydrogen-bond acceptors (Lipinski definition) is 6. The number of aromatic nitrogens is 1. The van der Waals surface area contributed by atoms with Gasteiger partial charge in [0, 0.05) is 34.2 Å². The number of non-ortho nitro benzene ring substituents is 1. The maximum Gasteiger partial charge on any atom is 0.271 e. The van der Waals surface area contributed by atoms with Crippen LogP contribution in [-0.4, -0.2) is 35.8 Å². The van der Waals surface area contributed by atoms with Crippen molar-refractivity contribution >= 4 is 34.0 Å². The fourth-order valence-electron chi connectivity index (χ4n) is 4.39. The summed E-state index contributed by atoms with van der Waals surface area (Å²) in [4.78, 5) is 40.8. The molecule has 2 N–H and O–H groups in total. The number of para-hydroxylation sites is 1. The van der Waals surface area contributed by atoms with Gasteiger partial charge >= 0.3 is 0 Å². The third kappa shape index (κ3) is 3.25. The van der Waals surface area contributed by atoms with E-state index in [2.05, 4.69) is 10.3 Å². The zero-order valence-corrected chi connectivity index (χ0v) is 18.2. The second-order valence-electron chi connectivity index (χ2n) is 7.80. The molecule has 0 aliphatic carbocycles. The highest BCUT2D eigenvalue weighted by Crippen LogP contribution is 2.43. The van der Waals surface area contributed by atoms with Gasteiger partial charge in [0.25, 0.3) is 5.69 Å². The first-order chi connectivity index (χ1) is 16.4. The standard InChI is InChI=1S/C25H19N3O6/c1-33-19-10-7-13(11-20(19)34-2)23-21(15-9-8-14(28(31)32)12-18(15)26-23)22-24(29)16-5-3-4-6-17(16)27-25(22)30/h3-12,22,26H,1-2H3,(H,27,30). The fraction of sp³-hybridized carbons (Fsp3) is 0.120. The molecule has 9 heteroatoms. The van der Waals surface area contributed by atoms with E-state index >= 15 is 0 Å². The van der Waals surface area contributed by atoms with Gasteiger partial charge in [0.15, 0.2) is 17.3 Å². The van der Waals surface area contributed by atoms with Crippen molar-refractivity contribution in [1.82, 2.24) is 4.98 Å². The van der Waals surface area contributed by atoms with E-state index in [1.54, 1.807) is 48.5 Å². The third-order valence-corrected chi connectivity index (χ3v) is 5.97. The van der Waals surface area contributed by atoms with Gasteiger partial charge in [0.2, 0.25) is 5.91 Å². The van der Waals surface area contributed by atoms with Gasteiger partial charge in [-0.3, -0.25) is 19.7 Å². The summed E-state index contributed by atoms with van der Waals surface area (Å²) in [6, 6.07) is 16.3. The van der Waals surface area contributed by atoms with Crippen LogP contribution in [0.5, 0.6) is 11.5 Å².